The number of unbranched alkanes of at least 4 members (excludes halogenated alkanes) is 8. The normalized spacial score (nSPS) is 11.2. The number of nitro groups is 1. The number of nitrogens with zero attached hydrogens (tertiary/aromatic N) is 7. The predicted octanol–water partition coefficient (Wildman–Crippen LogP) is 8.77. The van der Waals surface area contributed by atoms with E-state index in [0.29, 0.717) is 45.2 Å². The van der Waals surface area contributed by atoms with Crippen LogP contribution in [0.1, 0.15) is 92.7 Å². The molecular formula is C43H48N8O8S. The molecule has 0 radical (unpaired) electrons. The molecule has 0 unspecified atom stereocenters. The van der Waals surface area contributed by atoms with Crippen molar-refractivity contribution >= 4 is 40.1 Å². The van der Waals surface area contributed by atoms with E-state index in [1.165, 1.54) is 69.2 Å². The first kappa shape index (κ1) is 43.1. The lowest BCUT2D eigenvalue weighted by molar-refractivity contribution is -0.384. The van der Waals surface area contributed by atoms with Gasteiger partial charge in [-0.3, -0.25) is 19.7 Å². The molecule has 0 bridgehead atoms. The van der Waals surface area contributed by atoms with Crippen LogP contribution < -0.4 is 10.1 Å². The molecule has 0 saturated carbocycles. The quantitative estimate of drug-likeness (QED) is 0.0192. The number of hydrogen-bond acceptors (Lipinski definition) is 13. The minimum Gasteiger partial charge on any atom is -0.508 e. The van der Waals surface area contributed by atoms with Crippen molar-refractivity contribution in [3.8, 4) is 34.5 Å². The molecule has 1 amide bonds. The highest BCUT2D eigenvalue weighted by molar-refractivity contribution is 7.98. The molecule has 16 nitrogen and oxygen atoms in total. The number of carbonyl (C=O) groups excluding carboxylic acids is 2. The van der Waals surface area contributed by atoms with Crippen molar-refractivity contribution in [1.82, 2.24) is 35.3 Å². The zero-order valence-corrected chi connectivity index (χ0v) is 34.4. The molecule has 0 atom stereocenters. The molecule has 0 aliphatic heterocycles. The number of nitrogens with one attached hydrogen (secondary N) is 1. The first-order chi connectivity index (χ1) is 29.2. The molecule has 0 aliphatic carbocycles. The van der Waals surface area contributed by atoms with Crippen molar-refractivity contribution in [1.29, 1.82) is 0 Å². The number of fused-ring (bicyclic) bond motifs is 1. The summed E-state index contributed by atoms with van der Waals surface area (Å²) in [6.07, 6.45) is 10.8. The topological polar surface area (TPSA) is 210 Å². The second-order valence-electron chi connectivity index (χ2n) is 14.2. The Labute approximate surface area is 351 Å². The summed E-state index contributed by atoms with van der Waals surface area (Å²) in [5, 5.41) is 54.3. The van der Waals surface area contributed by atoms with Gasteiger partial charge in [0, 0.05) is 40.8 Å². The van der Waals surface area contributed by atoms with Crippen molar-refractivity contribution in [2.75, 3.05) is 13.7 Å². The lowest BCUT2D eigenvalue weighted by Gasteiger charge is -2.16. The first-order valence-corrected chi connectivity index (χ1v) is 21.0. The van der Waals surface area contributed by atoms with Crippen molar-refractivity contribution in [2.24, 2.45) is 0 Å². The van der Waals surface area contributed by atoms with Gasteiger partial charge in [-0.15, -0.1) is 5.10 Å². The molecular weight excluding hydrogens is 789 g/mol. The first-order valence-electron chi connectivity index (χ1n) is 20.0. The Morgan fingerprint density at radius 1 is 0.867 bits per heavy atom. The standard InChI is InChI=1S/C43H48N8O8S/c1-3-4-5-6-7-8-9-10-11-16-37-36(28-60-43-45-47-48-50(43)30-21-23-32(52)24-22-30)42(49(46-37)29-17-19-31(20-18-29)51(56)57)59-38-27-35(41(55)44-26-25-39(53)58-2)40(54)34-15-13-12-14-33(34)38/h12-15,17-24,27,52,54H,3-11,16,25-26,28H2,1-2H3,(H,44,55). The maximum atomic E-state index is 13.5. The monoisotopic (exact) mass is 836 g/mol. The number of aromatic nitrogens is 6. The summed E-state index contributed by atoms with van der Waals surface area (Å²) in [4.78, 5) is 36.4. The highest BCUT2D eigenvalue weighted by Gasteiger charge is 2.26. The zero-order valence-electron chi connectivity index (χ0n) is 33.6. The SMILES string of the molecule is CCCCCCCCCCCc1nn(-c2ccc([N+](=O)[O-])cc2)c(Oc2cc(C(=O)NCCC(=O)OC)c(O)c3ccccc23)c1CSc1nnnn1-c1ccc(O)cc1. The fourth-order valence-corrected chi connectivity index (χ4v) is 7.67. The molecule has 314 valence electrons. The Morgan fingerprint density at radius 3 is 2.20 bits per heavy atom. The van der Waals surface area contributed by atoms with Gasteiger partial charge in [0.1, 0.15) is 17.2 Å². The minimum atomic E-state index is -0.626. The van der Waals surface area contributed by atoms with Gasteiger partial charge in [-0.2, -0.15) is 9.78 Å². The number of rotatable bonds is 22. The molecule has 6 rings (SSSR count). The van der Waals surface area contributed by atoms with E-state index in [2.05, 4.69) is 27.8 Å². The summed E-state index contributed by atoms with van der Waals surface area (Å²) in [5.41, 5.74) is 2.42. The number of methoxy groups -OCH3 is 1. The number of tetrazole rings is 1. The van der Waals surface area contributed by atoms with E-state index < -0.39 is 16.8 Å². The highest BCUT2D eigenvalue weighted by Crippen LogP contribution is 2.42. The van der Waals surface area contributed by atoms with Crippen molar-refractivity contribution in [3.63, 3.8) is 0 Å². The smallest absolute Gasteiger partial charge is 0.307 e. The number of benzene rings is 4. The third kappa shape index (κ3) is 10.8. The number of amides is 1. The van der Waals surface area contributed by atoms with Crippen LogP contribution >= 0.6 is 11.8 Å². The van der Waals surface area contributed by atoms with Gasteiger partial charge in [-0.1, -0.05) is 94.3 Å². The average molecular weight is 837 g/mol. The molecule has 0 aliphatic rings. The lowest BCUT2D eigenvalue weighted by Crippen LogP contribution is -2.26. The molecule has 17 heteroatoms. The van der Waals surface area contributed by atoms with Crippen LogP contribution in [0.25, 0.3) is 22.1 Å². The minimum absolute atomic E-state index is 0.0198. The Balaban J connectivity index is 1.41. The van der Waals surface area contributed by atoms with E-state index in [9.17, 15) is 29.9 Å². The van der Waals surface area contributed by atoms with E-state index in [1.54, 1.807) is 70.0 Å². The van der Waals surface area contributed by atoms with E-state index >= 15 is 0 Å². The third-order valence-corrected chi connectivity index (χ3v) is 10.9. The number of carbonyl (C=O) groups is 2. The number of non-ortho nitro benzene ring substituents is 1. The van der Waals surface area contributed by atoms with Gasteiger partial charge in [0.05, 0.1) is 41.1 Å². The number of hydrogen-bond donors (Lipinski definition) is 3. The van der Waals surface area contributed by atoms with Crippen molar-refractivity contribution in [2.45, 2.75) is 88.5 Å². The Bertz CT molecular complexity index is 2400. The van der Waals surface area contributed by atoms with Crippen LogP contribution in [0, 0.1) is 10.1 Å². The van der Waals surface area contributed by atoms with Gasteiger partial charge in [-0.05, 0) is 65.7 Å². The number of thioether (sulfide) groups is 1. The molecule has 0 fully saturated rings. The molecule has 0 saturated heterocycles. The van der Waals surface area contributed by atoms with Crippen molar-refractivity contribution in [3.05, 3.63) is 106 Å². The molecule has 60 heavy (non-hydrogen) atoms. The summed E-state index contributed by atoms with van der Waals surface area (Å²) >= 11 is 1.34. The van der Waals surface area contributed by atoms with Gasteiger partial charge in [0.15, 0.2) is 0 Å². The van der Waals surface area contributed by atoms with E-state index in [0.717, 1.165) is 31.4 Å². The average Bonchev–Trinajstić information content (AvgIpc) is 3.87. The summed E-state index contributed by atoms with van der Waals surface area (Å²) < 4.78 is 14.7. The maximum Gasteiger partial charge on any atom is 0.307 e. The fraction of sp³-hybridized carbons (Fsp3) is 0.349. The van der Waals surface area contributed by atoms with Gasteiger partial charge < -0.3 is 25.0 Å². The number of phenols is 2. The lowest BCUT2D eigenvalue weighted by atomic mass is 10.0. The Kier molecular flexibility index (Phi) is 15.1. The van der Waals surface area contributed by atoms with Crippen LogP contribution in [0.3, 0.4) is 0 Å². The van der Waals surface area contributed by atoms with Crippen LogP contribution in [0.4, 0.5) is 5.69 Å². The maximum absolute atomic E-state index is 13.5. The number of aromatic hydroxyl groups is 2. The molecule has 2 heterocycles. The van der Waals surface area contributed by atoms with Crippen LogP contribution in [0.2, 0.25) is 0 Å². The molecule has 2 aromatic heterocycles. The van der Waals surface area contributed by atoms with Crippen LogP contribution in [-0.4, -0.2) is 70.7 Å². The zero-order chi connectivity index (χ0) is 42.4. The molecule has 3 N–H and O–H groups in total. The summed E-state index contributed by atoms with van der Waals surface area (Å²) in [5.74, 6) is -0.476. The number of ether oxygens (including phenoxy) is 2. The second kappa shape index (κ2) is 21.0. The van der Waals surface area contributed by atoms with Crippen LogP contribution in [-0.2, 0) is 21.7 Å². The number of phenolic OH excluding ortho intramolecular Hbond substituents is 2. The van der Waals surface area contributed by atoms with E-state index in [4.69, 9.17) is 14.6 Å². The summed E-state index contributed by atoms with van der Waals surface area (Å²) in [6, 6.07) is 20.9. The van der Waals surface area contributed by atoms with E-state index in [-0.39, 0.29) is 47.2 Å². The third-order valence-electron chi connectivity index (χ3n) is 9.99. The van der Waals surface area contributed by atoms with Gasteiger partial charge >= 0.3 is 5.97 Å². The Hall–Kier alpha value is -6.49. The van der Waals surface area contributed by atoms with Crippen LogP contribution in [0.15, 0.2) is 84.0 Å². The second-order valence-corrected chi connectivity index (χ2v) is 15.1. The van der Waals surface area contributed by atoms with Gasteiger partial charge in [0.2, 0.25) is 11.0 Å². The summed E-state index contributed by atoms with van der Waals surface area (Å²) in [6.45, 7) is 2.19. The molecule has 0 spiro atoms. The largest absolute Gasteiger partial charge is 0.508 e. The summed E-state index contributed by atoms with van der Waals surface area (Å²) in [7, 11) is 1.26. The number of aryl methyl sites for hydroxylation is 1. The predicted molar refractivity (Wildman–Crippen MR) is 226 cm³/mol. The Morgan fingerprint density at radius 2 is 1.52 bits per heavy atom. The van der Waals surface area contributed by atoms with Crippen LogP contribution in [0.5, 0.6) is 23.1 Å². The molecule has 6 aromatic rings. The van der Waals surface area contributed by atoms with Gasteiger partial charge in [0.25, 0.3) is 11.6 Å². The van der Waals surface area contributed by atoms with Gasteiger partial charge in [-0.25, -0.2) is 4.68 Å². The number of nitro benzene ring substituents is 1. The van der Waals surface area contributed by atoms with E-state index in [1.807, 2.05) is 0 Å². The fourth-order valence-electron chi connectivity index (χ4n) is 6.75. The highest BCUT2D eigenvalue weighted by atomic mass is 32.2. The number of esters is 1. The molecule has 4 aromatic carbocycles. The van der Waals surface area contributed by atoms with Crippen molar-refractivity contribution < 1.29 is 34.2 Å².